The third-order valence-electron chi connectivity index (χ3n) is 2.17. The van der Waals surface area contributed by atoms with Crippen molar-refractivity contribution in [3.63, 3.8) is 0 Å². The number of benzene rings is 1. The maximum atomic E-state index is 11.3. The zero-order chi connectivity index (χ0) is 13.5. The van der Waals surface area contributed by atoms with E-state index in [2.05, 4.69) is 10.2 Å². The topological polar surface area (TPSA) is 98.5 Å². The number of rotatable bonds is 6. The van der Waals surface area contributed by atoms with Gasteiger partial charge in [-0.15, -0.1) is 10.1 Å². The molecule has 0 saturated heterocycles. The lowest BCUT2D eigenvalue weighted by molar-refractivity contribution is -0.758. The molecular weight excluding hydrogens is 240 g/mol. The Morgan fingerprint density at radius 1 is 1.39 bits per heavy atom. The summed E-state index contributed by atoms with van der Waals surface area (Å²) in [6, 6.07) is 7.81. The van der Waals surface area contributed by atoms with Crippen LogP contribution in [-0.4, -0.2) is 23.4 Å². The summed E-state index contributed by atoms with van der Waals surface area (Å²) in [5.41, 5.74) is 0.619. The van der Waals surface area contributed by atoms with Crippen molar-refractivity contribution >= 4 is 11.7 Å². The van der Waals surface area contributed by atoms with Gasteiger partial charge in [-0.2, -0.15) is 0 Å². The van der Waals surface area contributed by atoms with Gasteiger partial charge in [0.15, 0.2) is 0 Å². The lowest BCUT2D eigenvalue weighted by atomic mass is 10.1. The van der Waals surface area contributed by atoms with Crippen LogP contribution in [0.1, 0.15) is 18.5 Å². The third-order valence-corrected chi connectivity index (χ3v) is 2.17. The van der Waals surface area contributed by atoms with Crippen LogP contribution >= 0.6 is 0 Å². The third kappa shape index (κ3) is 4.20. The Labute approximate surface area is 103 Å². The lowest BCUT2D eigenvalue weighted by Crippen LogP contribution is -2.35. The zero-order valence-corrected chi connectivity index (χ0v) is 9.66. The summed E-state index contributed by atoms with van der Waals surface area (Å²) in [5.74, 6) is -1.48. The minimum atomic E-state index is -0.949. The van der Waals surface area contributed by atoms with Crippen molar-refractivity contribution in [1.82, 2.24) is 5.32 Å². The second-order valence-electron chi connectivity index (χ2n) is 3.51. The van der Waals surface area contributed by atoms with Crippen LogP contribution in [0.2, 0.25) is 0 Å². The fraction of sp³-hybridized carbons (Fsp3) is 0.273. The van der Waals surface area contributed by atoms with E-state index < -0.39 is 22.8 Å². The number of hydrogen-bond donors (Lipinski definition) is 1. The van der Waals surface area contributed by atoms with Crippen LogP contribution in [0, 0.1) is 10.1 Å². The summed E-state index contributed by atoms with van der Waals surface area (Å²) in [6.45, 7) is 0.766. The van der Waals surface area contributed by atoms with Gasteiger partial charge in [-0.1, -0.05) is 30.3 Å². The molecule has 1 atom stereocenters. The molecule has 0 aliphatic carbocycles. The second kappa shape index (κ2) is 6.33. The molecule has 0 aromatic heterocycles. The lowest BCUT2D eigenvalue weighted by Gasteiger charge is -2.17. The van der Waals surface area contributed by atoms with Gasteiger partial charge >= 0.3 is 0 Å². The molecule has 0 unspecified atom stereocenters. The van der Waals surface area contributed by atoms with Crippen LogP contribution in [0.3, 0.4) is 0 Å². The zero-order valence-electron chi connectivity index (χ0n) is 9.66. The first-order valence-corrected chi connectivity index (χ1v) is 5.14. The predicted molar refractivity (Wildman–Crippen MR) is 61.0 cm³/mol. The average Bonchev–Trinajstić information content (AvgIpc) is 2.34. The van der Waals surface area contributed by atoms with Gasteiger partial charge in [0.2, 0.25) is 5.78 Å². The molecule has 7 heteroatoms. The molecule has 1 amide bonds. The fourth-order valence-electron chi connectivity index (χ4n) is 1.30. The van der Waals surface area contributed by atoms with Gasteiger partial charge in [-0.3, -0.25) is 9.59 Å². The van der Waals surface area contributed by atoms with Crippen molar-refractivity contribution in [2.24, 2.45) is 0 Å². The standard InChI is InChI=1S/C11H12N2O5/c1-8(14)11(15)12-10(7-18-13(16)17)9-5-3-2-4-6-9/h2-6,10H,7H2,1H3,(H,12,15)/t10-/m1/s1. The van der Waals surface area contributed by atoms with E-state index in [1.807, 2.05) is 0 Å². The molecule has 1 N–H and O–H groups in total. The highest BCUT2D eigenvalue weighted by Gasteiger charge is 2.18. The molecule has 1 rings (SSSR count). The Kier molecular flexibility index (Phi) is 4.79. The Balaban J connectivity index is 2.78. The summed E-state index contributed by atoms with van der Waals surface area (Å²) in [5, 5.41) is 11.6. The van der Waals surface area contributed by atoms with Crippen molar-refractivity contribution in [2.75, 3.05) is 6.61 Å². The van der Waals surface area contributed by atoms with E-state index in [-0.39, 0.29) is 6.61 Å². The first kappa shape index (κ1) is 13.6. The number of amides is 1. The molecule has 0 radical (unpaired) electrons. The number of Topliss-reactive ketones (excluding diaryl/α,β-unsaturated/α-hetero) is 1. The van der Waals surface area contributed by atoms with Gasteiger partial charge in [-0.25, -0.2) is 0 Å². The van der Waals surface area contributed by atoms with E-state index in [0.717, 1.165) is 6.92 Å². The summed E-state index contributed by atoms with van der Waals surface area (Å²) < 4.78 is 0. The molecule has 1 aromatic carbocycles. The van der Waals surface area contributed by atoms with Gasteiger partial charge in [0, 0.05) is 6.92 Å². The highest BCUT2D eigenvalue weighted by Crippen LogP contribution is 2.12. The van der Waals surface area contributed by atoms with Crippen LogP contribution < -0.4 is 5.32 Å². The Bertz CT molecular complexity index is 446. The summed E-state index contributed by atoms with van der Waals surface area (Å²) >= 11 is 0. The van der Waals surface area contributed by atoms with Crippen LogP contribution in [0.5, 0.6) is 0 Å². The van der Waals surface area contributed by atoms with Gasteiger partial charge in [0.05, 0.1) is 6.04 Å². The molecule has 0 bridgehead atoms. The molecule has 0 fully saturated rings. The molecule has 96 valence electrons. The van der Waals surface area contributed by atoms with E-state index in [0.29, 0.717) is 5.56 Å². The van der Waals surface area contributed by atoms with Crippen molar-refractivity contribution in [2.45, 2.75) is 13.0 Å². The Morgan fingerprint density at radius 2 is 2.00 bits per heavy atom. The molecular formula is C11H12N2O5. The monoisotopic (exact) mass is 252 g/mol. The first-order valence-electron chi connectivity index (χ1n) is 5.14. The summed E-state index contributed by atoms with van der Waals surface area (Å²) in [4.78, 5) is 36.5. The molecule has 0 aliphatic heterocycles. The number of nitrogens with zero attached hydrogens (tertiary/aromatic N) is 1. The second-order valence-corrected chi connectivity index (χ2v) is 3.51. The van der Waals surface area contributed by atoms with Crippen molar-refractivity contribution in [3.05, 3.63) is 46.0 Å². The number of hydrogen-bond acceptors (Lipinski definition) is 5. The minimum absolute atomic E-state index is 0.351. The Hall–Kier alpha value is -2.44. The summed E-state index contributed by atoms with van der Waals surface area (Å²) in [7, 11) is 0. The van der Waals surface area contributed by atoms with Gasteiger partial charge in [0.25, 0.3) is 11.0 Å². The van der Waals surface area contributed by atoms with Crippen molar-refractivity contribution < 1.29 is 19.5 Å². The average molecular weight is 252 g/mol. The largest absolute Gasteiger partial charge is 0.341 e. The van der Waals surface area contributed by atoms with Gasteiger partial charge < -0.3 is 10.2 Å². The van der Waals surface area contributed by atoms with Crippen LogP contribution in [0.25, 0.3) is 0 Å². The van der Waals surface area contributed by atoms with E-state index in [1.165, 1.54) is 0 Å². The molecule has 1 aromatic rings. The number of ketones is 1. The van der Waals surface area contributed by atoms with Crippen LogP contribution in [0.4, 0.5) is 0 Å². The quantitative estimate of drug-likeness (QED) is 0.455. The summed E-state index contributed by atoms with van der Waals surface area (Å²) in [6.07, 6.45) is 0. The minimum Gasteiger partial charge on any atom is -0.341 e. The van der Waals surface area contributed by atoms with Crippen molar-refractivity contribution in [3.8, 4) is 0 Å². The van der Waals surface area contributed by atoms with Gasteiger partial charge in [-0.05, 0) is 5.56 Å². The van der Waals surface area contributed by atoms with Crippen molar-refractivity contribution in [1.29, 1.82) is 0 Å². The molecule has 0 saturated carbocycles. The van der Waals surface area contributed by atoms with Crippen LogP contribution in [0.15, 0.2) is 30.3 Å². The Morgan fingerprint density at radius 3 is 2.50 bits per heavy atom. The maximum Gasteiger partial charge on any atom is 0.294 e. The maximum absolute atomic E-state index is 11.3. The normalized spacial score (nSPS) is 11.4. The highest BCUT2D eigenvalue weighted by molar-refractivity contribution is 6.35. The SMILES string of the molecule is CC(=O)C(=O)N[C@H](CO[N+](=O)[O-])c1ccccc1. The van der Waals surface area contributed by atoms with E-state index >= 15 is 0 Å². The molecule has 0 spiro atoms. The fourth-order valence-corrected chi connectivity index (χ4v) is 1.30. The van der Waals surface area contributed by atoms with E-state index in [1.54, 1.807) is 30.3 Å². The molecule has 7 nitrogen and oxygen atoms in total. The van der Waals surface area contributed by atoms with E-state index in [9.17, 15) is 19.7 Å². The molecule has 0 heterocycles. The number of nitrogens with one attached hydrogen (secondary N) is 1. The molecule has 0 aliphatic rings. The molecule has 18 heavy (non-hydrogen) atoms. The van der Waals surface area contributed by atoms with Crippen LogP contribution in [-0.2, 0) is 14.4 Å². The predicted octanol–water partition coefficient (Wildman–Crippen LogP) is 0.641. The highest BCUT2D eigenvalue weighted by atomic mass is 16.9. The number of carbonyl (C=O) groups excluding carboxylic acids is 2. The first-order chi connectivity index (χ1) is 8.50. The van der Waals surface area contributed by atoms with Gasteiger partial charge in [0.1, 0.15) is 6.61 Å². The van der Waals surface area contributed by atoms with E-state index in [4.69, 9.17) is 0 Å². The smallest absolute Gasteiger partial charge is 0.294 e. The number of carbonyl (C=O) groups is 2.